The van der Waals surface area contributed by atoms with E-state index in [4.69, 9.17) is 0 Å². The van der Waals surface area contributed by atoms with Gasteiger partial charge in [0.05, 0.1) is 0 Å². The lowest BCUT2D eigenvalue weighted by Crippen LogP contribution is -2.31. The molecule has 0 aliphatic rings. The van der Waals surface area contributed by atoms with E-state index in [2.05, 4.69) is 6.92 Å². The topological polar surface area (TPSA) is 41.2 Å². The first kappa shape index (κ1) is 16.6. The Morgan fingerprint density at radius 3 is 1.75 bits per heavy atom. The molecule has 0 spiro atoms. The van der Waals surface area contributed by atoms with Gasteiger partial charge in [-0.05, 0) is 6.92 Å². The number of aryl methyl sites for hydroxylation is 1. The Morgan fingerprint density at radius 2 is 1.33 bits per heavy atom. The Bertz CT molecular complexity index is 789. The number of rotatable bonds is 5. The fourth-order valence-electron chi connectivity index (χ4n) is 2.79. The predicted octanol–water partition coefficient (Wildman–Crippen LogP) is 3.00. The van der Waals surface area contributed by atoms with Crippen LogP contribution in [0.2, 0.25) is 0 Å². The summed E-state index contributed by atoms with van der Waals surface area (Å²) < 4.78 is 16.0. The van der Waals surface area contributed by atoms with Crippen LogP contribution < -0.4 is 15.2 Å². The maximum atomic E-state index is 14.0. The minimum Gasteiger partial charge on any atom is -0.380 e. The van der Waals surface area contributed by atoms with Gasteiger partial charge in [0.1, 0.15) is 12.4 Å². The monoisotopic (exact) mass is 338 g/mol. The molecule has 0 radical (unpaired) electrons. The Kier molecular flexibility index (Phi) is 4.94. The summed E-state index contributed by atoms with van der Waals surface area (Å²) in [6, 6.07) is 22.2. The lowest BCUT2D eigenvalue weighted by molar-refractivity contribution is -0.693. The van der Waals surface area contributed by atoms with Gasteiger partial charge >= 0.3 is 0 Å². The van der Waals surface area contributed by atoms with Crippen molar-refractivity contribution in [1.29, 1.82) is 0 Å². The van der Waals surface area contributed by atoms with Crippen molar-refractivity contribution in [2.45, 2.75) is 19.3 Å². The molecule has 2 aromatic carbocycles. The molecule has 0 amide bonds. The Labute approximate surface area is 142 Å². The van der Waals surface area contributed by atoms with Gasteiger partial charge in [-0.2, -0.15) is 0 Å². The zero-order valence-electron chi connectivity index (χ0n) is 13.6. The van der Waals surface area contributed by atoms with Gasteiger partial charge in [-0.25, -0.2) is 4.57 Å². The number of nitrogens with zero attached hydrogens (tertiary/aromatic N) is 1. The Hall–Kier alpha value is -2.22. The lowest BCUT2D eigenvalue weighted by atomic mass is 10.3. The minimum absolute atomic E-state index is 0.663. The van der Waals surface area contributed by atoms with Crippen LogP contribution >= 0.6 is 7.14 Å². The highest BCUT2D eigenvalue weighted by molar-refractivity contribution is 7.78. The SMILES string of the molecule is CC[n+]1ccc([C@@H](O)P(=O)(c2ccccc2)c2ccccc2)cc1. The van der Waals surface area contributed by atoms with E-state index in [1.54, 1.807) is 0 Å². The molecule has 4 heteroatoms. The van der Waals surface area contributed by atoms with Gasteiger partial charge in [0.2, 0.25) is 0 Å². The molecule has 3 nitrogen and oxygen atoms in total. The number of benzene rings is 2. The molecule has 0 fully saturated rings. The average Bonchev–Trinajstić information content (AvgIpc) is 2.68. The van der Waals surface area contributed by atoms with E-state index in [0.29, 0.717) is 16.2 Å². The summed E-state index contributed by atoms with van der Waals surface area (Å²) in [4.78, 5) is 0. The fraction of sp³-hybridized carbons (Fsp3) is 0.150. The van der Waals surface area contributed by atoms with Gasteiger partial charge in [-0.1, -0.05) is 60.7 Å². The van der Waals surface area contributed by atoms with Crippen LogP contribution in [0.5, 0.6) is 0 Å². The first-order valence-electron chi connectivity index (χ1n) is 8.04. The average molecular weight is 338 g/mol. The molecule has 0 saturated heterocycles. The summed E-state index contributed by atoms with van der Waals surface area (Å²) in [5.74, 6) is -1.08. The molecule has 0 saturated carbocycles. The van der Waals surface area contributed by atoms with E-state index in [0.717, 1.165) is 6.54 Å². The van der Waals surface area contributed by atoms with Crippen LogP contribution in [0.3, 0.4) is 0 Å². The molecular weight excluding hydrogens is 317 g/mol. The number of hydrogen-bond donors (Lipinski definition) is 1. The summed E-state index contributed by atoms with van der Waals surface area (Å²) in [7, 11) is -3.21. The largest absolute Gasteiger partial charge is 0.380 e. The number of aliphatic hydroxyl groups is 1. The smallest absolute Gasteiger partial charge is 0.174 e. The molecular formula is C20H21NO2P+. The van der Waals surface area contributed by atoms with E-state index >= 15 is 0 Å². The van der Waals surface area contributed by atoms with Gasteiger partial charge in [0.15, 0.2) is 19.5 Å². The number of hydrogen-bond acceptors (Lipinski definition) is 2. The fourth-order valence-corrected chi connectivity index (χ4v) is 5.48. The van der Waals surface area contributed by atoms with Crippen LogP contribution in [0.4, 0.5) is 0 Å². The third-order valence-corrected chi connectivity index (χ3v) is 7.32. The second-order valence-corrected chi connectivity index (χ2v) is 8.50. The van der Waals surface area contributed by atoms with Crippen LogP contribution in [-0.2, 0) is 11.1 Å². The molecule has 122 valence electrons. The van der Waals surface area contributed by atoms with Crippen molar-refractivity contribution in [1.82, 2.24) is 0 Å². The summed E-state index contributed by atoms with van der Waals surface area (Å²) in [5.41, 5.74) is 0.663. The molecule has 24 heavy (non-hydrogen) atoms. The molecule has 1 atom stereocenters. The quantitative estimate of drug-likeness (QED) is 0.574. The van der Waals surface area contributed by atoms with Gasteiger partial charge in [-0.15, -0.1) is 0 Å². The van der Waals surface area contributed by atoms with Crippen LogP contribution in [0, 0.1) is 0 Å². The summed E-state index contributed by atoms with van der Waals surface area (Å²) in [5, 5.41) is 12.4. The minimum atomic E-state index is -3.21. The summed E-state index contributed by atoms with van der Waals surface area (Å²) >= 11 is 0. The highest BCUT2D eigenvalue weighted by Crippen LogP contribution is 2.55. The molecule has 0 bridgehead atoms. The first-order valence-corrected chi connectivity index (χ1v) is 9.82. The van der Waals surface area contributed by atoms with E-state index in [1.165, 1.54) is 0 Å². The van der Waals surface area contributed by atoms with Crippen molar-refractivity contribution in [3.05, 3.63) is 90.8 Å². The van der Waals surface area contributed by atoms with E-state index in [9.17, 15) is 9.67 Å². The zero-order valence-corrected chi connectivity index (χ0v) is 14.5. The first-order chi connectivity index (χ1) is 11.7. The van der Waals surface area contributed by atoms with Gasteiger partial charge in [-0.3, -0.25) is 0 Å². The molecule has 1 heterocycles. The van der Waals surface area contributed by atoms with Crippen molar-refractivity contribution in [3.8, 4) is 0 Å². The predicted molar refractivity (Wildman–Crippen MR) is 97.0 cm³/mol. The number of aromatic nitrogens is 1. The normalized spacial score (nSPS) is 12.8. The maximum absolute atomic E-state index is 14.0. The summed E-state index contributed by atoms with van der Waals surface area (Å²) in [6.45, 7) is 2.90. The van der Waals surface area contributed by atoms with Gasteiger partial charge in [0, 0.05) is 28.3 Å². The van der Waals surface area contributed by atoms with Crippen LogP contribution in [0.1, 0.15) is 18.3 Å². The van der Waals surface area contributed by atoms with Crippen molar-refractivity contribution < 1.29 is 14.2 Å². The molecule has 1 aromatic heterocycles. The van der Waals surface area contributed by atoms with Crippen LogP contribution in [-0.4, -0.2) is 5.11 Å². The highest BCUT2D eigenvalue weighted by atomic mass is 31.2. The molecule has 0 aliphatic heterocycles. The van der Waals surface area contributed by atoms with E-state index in [1.807, 2.05) is 89.8 Å². The van der Waals surface area contributed by atoms with Gasteiger partial charge < -0.3 is 9.67 Å². The molecule has 3 aromatic rings. The van der Waals surface area contributed by atoms with E-state index < -0.39 is 13.0 Å². The van der Waals surface area contributed by atoms with Crippen molar-refractivity contribution in [2.24, 2.45) is 0 Å². The van der Waals surface area contributed by atoms with Gasteiger partial charge in [0.25, 0.3) is 0 Å². The zero-order chi connectivity index (χ0) is 17.0. The number of pyridine rings is 1. The van der Waals surface area contributed by atoms with Crippen LogP contribution in [0.15, 0.2) is 85.2 Å². The molecule has 1 N–H and O–H groups in total. The van der Waals surface area contributed by atoms with Crippen LogP contribution in [0.25, 0.3) is 0 Å². The maximum Gasteiger partial charge on any atom is 0.174 e. The molecule has 3 rings (SSSR count). The Balaban J connectivity index is 2.12. The van der Waals surface area contributed by atoms with Crippen molar-refractivity contribution >= 4 is 17.8 Å². The standard InChI is InChI=1S/C20H21NO2P/c1-2-21-15-13-17(14-16-21)20(22)24(23,18-9-5-3-6-10-18)19-11-7-4-8-12-19/h3-16,20,22H,2H2,1H3/q+1/t20-/m0/s1. The second kappa shape index (κ2) is 7.12. The molecule has 0 aliphatic carbocycles. The molecule has 0 unspecified atom stereocenters. The summed E-state index contributed by atoms with van der Waals surface area (Å²) in [6.07, 6.45) is 3.80. The third kappa shape index (κ3) is 3.06. The van der Waals surface area contributed by atoms with Crippen molar-refractivity contribution in [3.63, 3.8) is 0 Å². The lowest BCUT2D eigenvalue weighted by Gasteiger charge is -2.24. The highest BCUT2D eigenvalue weighted by Gasteiger charge is 2.36. The Morgan fingerprint density at radius 1 is 0.875 bits per heavy atom. The van der Waals surface area contributed by atoms with Crippen molar-refractivity contribution in [2.75, 3.05) is 0 Å². The third-order valence-electron chi connectivity index (χ3n) is 4.20. The number of aliphatic hydroxyl groups excluding tert-OH is 1. The van der Waals surface area contributed by atoms with E-state index in [-0.39, 0.29) is 0 Å². The second-order valence-electron chi connectivity index (χ2n) is 5.66.